The van der Waals surface area contributed by atoms with Crippen molar-refractivity contribution in [2.75, 3.05) is 13.1 Å². The van der Waals surface area contributed by atoms with Gasteiger partial charge in [0.1, 0.15) is 0 Å². The lowest BCUT2D eigenvalue weighted by Crippen LogP contribution is -2.32. The van der Waals surface area contributed by atoms with Crippen LogP contribution in [0.1, 0.15) is 18.4 Å². The molecule has 1 aromatic carbocycles. The first-order valence-corrected chi connectivity index (χ1v) is 7.24. The fraction of sp³-hybridized carbons (Fsp3) is 0.308. The monoisotopic (exact) mass is 288 g/mol. The van der Waals surface area contributed by atoms with E-state index in [0.29, 0.717) is 0 Å². The summed E-state index contributed by atoms with van der Waals surface area (Å²) in [4.78, 5) is -0.00701. The third kappa shape index (κ3) is 3.80. The molecule has 0 aliphatic carbocycles. The van der Waals surface area contributed by atoms with Crippen LogP contribution < -0.4 is 0 Å². The standard InChI is InChI=1S/C13H12N4O2S/c14-6-2-8-17(9-3-7-15)20(18,19)13-5-1-4-12(10-13)11-16/h1,4-5,10H,2-3,8-9H2. The number of hydrogen-bond acceptors (Lipinski definition) is 5. The van der Waals surface area contributed by atoms with Crippen molar-refractivity contribution in [2.24, 2.45) is 0 Å². The molecule has 0 aliphatic heterocycles. The summed E-state index contributed by atoms with van der Waals surface area (Å²) in [6.45, 7) is 0.0502. The van der Waals surface area contributed by atoms with E-state index in [1.54, 1.807) is 0 Å². The molecule has 0 N–H and O–H groups in total. The van der Waals surface area contributed by atoms with Crippen LogP contribution in [0.5, 0.6) is 0 Å². The van der Waals surface area contributed by atoms with Gasteiger partial charge in [-0.25, -0.2) is 8.42 Å². The van der Waals surface area contributed by atoms with Crippen LogP contribution in [0, 0.1) is 34.0 Å². The molecule has 6 nitrogen and oxygen atoms in total. The lowest BCUT2D eigenvalue weighted by atomic mass is 10.2. The molecule has 20 heavy (non-hydrogen) atoms. The van der Waals surface area contributed by atoms with Crippen LogP contribution in [-0.2, 0) is 10.0 Å². The molecule has 0 atom stereocenters. The zero-order valence-corrected chi connectivity index (χ0v) is 11.5. The average Bonchev–Trinajstić information content (AvgIpc) is 2.47. The van der Waals surface area contributed by atoms with Crippen LogP contribution in [0.25, 0.3) is 0 Å². The van der Waals surface area contributed by atoms with E-state index >= 15 is 0 Å². The zero-order chi connectivity index (χ0) is 15.0. The Labute approximate surface area is 118 Å². The van der Waals surface area contributed by atoms with Crippen molar-refractivity contribution in [3.05, 3.63) is 29.8 Å². The second-order valence-corrected chi connectivity index (χ2v) is 5.80. The van der Waals surface area contributed by atoms with Crippen molar-refractivity contribution in [1.29, 1.82) is 15.8 Å². The topological polar surface area (TPSA) is 109 Å². The molecule has 0 heterocycles. The Morgan fingerprint density at radius 2 is 1.65 bits per heavy atom. The van der Waals surface area contributed by atoms with Gasteiger partial charge in [-0.3, -0.25) is 0 Å². The molecule has 0 spiro atoms. The maximum Gasteiger partial charge on any atom is 0.243 e. The molecular weight excluding hydrogens is 276 g/mol. The Balaban J connectivity index is 3.12. The zero-order valence-electron chi connectivity index (χ0n) is 10.7. The largest absolute Gasteiger partial charge is 0.243 e. The summed E-state index contributed by atoms with van der Waals surface area (Å²) in [5, 5.41) is 26.0. The molecule has 1 aromatic rings. The fourth-order valence-corrected chi connectivity index (χ4v) is 3.06. The van der Waals surface area contributed by atoms with Crippen LogP contribution in [0.15, 0.2) is 29.2 Å². The Hall–Kier alpha value is -2.40. The molecule has 0 fully saturated rings. The predicted octanol–water partition coefficient (Wildman–Crippen LogP) is 1.38. The van der Waals surface area contributed by atoms with E-state index in [-0.39, 0.29) is 36.4 Å². The predicted molar refractivity (Wildman–Crippen MR) is 70.4 cm³/mol. The van der Waals surface area contributed by atoms with Crippen molar-refractivity contribution in [2.45, 2.75) is 17.7 Å². The van der Waals surface area contributed by atoms with E-state index in [0.717, 1.165) is 4.31 Å². The molecule has 0 saturated carbocycles. The Bertz CT molecular complexity index is 674. The van der Waals surface area contributed by atoms with Crippen molar-refractivity contribution in [3.63, 3.8) is 0 Å². The molecule has 0 unspecified atom stereocenters. The van der Waals surface area contributed by atoms with Crippen molar-refractivity contribution < 1.29 is 8.42 Å². The van der Waals surface area contributed by atoms with Crippen molar-refractivity contribution >= 4 is 10.0 Å². The fourth-order valence-electron chi connectivity index (χ4n) is 1.58. The average molecular weight is 288 g/mol. The number of rotatable bonds is 6. The maximum absolute atomic E-state index is 12.4. The van der Waals surface area contributed by atoms with Crippen molar-refractivity contribution in [1.82, 2.24) is 4.31 Å². The molecule has 1 rings (SSSR count). The number of nitriles is 3. The highest BCUT2D eigenvalue weighted by Gasteiger charge is 2.24. The molecule has 0 saturated heterocycles. The number of nitrogens with zero attached hydrogens (tertiary/aromatic N) is 4. The van der Waals surface area contributed by atoms with Gasteiger partial charge in [-0.05, 0) is 18.2 Å². The SMILES string of the molecule is N#CCCN(CCC#N)S(=O)(=O)c1cccc(C#N)c1. The van der Waals surface area contributed by atoms with Gasteiger partial charge in [-0.2, -0.15) is 20.1 Å². The number of benzene rings is 1. The van der Waals surface area contributed by atoms with Crippen LogP contribution in [0.2, 0.25) is 0 Å². The van der Waals surface area contributed by atoms with Gasteiger partial charge < -0.3 is 0 Å². The summed E-state index contributed by atoms with van der Waals surface area (Å²) < 4.78 is 25.9. The number of hydrogen-bond donors (Lipinski definition) is 0. The van der Waals surface area contributed by atoms with Gasteiger partial charge in [0, 0.05) is 25.9 Å². The summed E-state index contributed by atoms with van der Waals surface area (Å²) in [5.41, 5.74) is 0.242. The third-order valence-corrected chi connectivity index (χ3v) is 4.44. The van der Waals surface area contributed by atoms with Crippen LogP contribution in [-0.4, -0.2) is 25.8 Å². The van der Waals surface area contributed by atoms with E-state index < -0.39 is 10.0 Å². The first kappa shape index (κ1) is 15.7. The second kappa shape index (κ2) is 7.25. The van der Waals surface area contributed by atoms with Gasteiger partial charge in [-0.15, -0.1) is 0 Å². The van der Waals surface area contributed by atoms with Crippen LogP contribution >= 0.6 is 0 Å². The lowest BCUT2D eigenvalue weighted by molar-refractivity contribution is 0.425. The van der Waals surface area contributed by atoms with Gasteiger partial charge in [-0.1, -0.05) is 6.07 Å². The quantitative estimate of drug-likeness (QED) is 0.785. The summed E-state index contributed by atoms with van der Waals surface area (Å²) in [5.74, 6) is 0. The van der Waals surface area contributed by atoms with Crippen LogP contribution in [0.3, 0.4) is 0 Å². The third-order valence-electron chi connectivity index (χ3n) is 2.55. The normalized spacial score (nSPS) is 10.5. The van der Waals surface area contributed by atoms with E-state index in [9.17, 15) is 8.42 Å². The van der Waals surface area contributed by atoms with Gasteiger partial charge in [0.2, 0.25) is 10.0 Å². The first-order chi connectivity index (χ1) is 9.56. The summed E-state index contributed by atoms with van der Waals surface area (Å²) in [6, 6.07) is 11.3. The molecule has 0 bridgehead atoms. The Morgan fingerprint density at radius 1 is 1.05 bits per heavy atom. The van der Waals surface area contributed by atoms with E-state index in [2.05, 4.69) is 0 Å². The smallest absolute Gasteiger partial charge is 0.207 e. The second-order valence-electron chi connectivity index (χ2n) is 3.86. The van der Waals surface area contributed by atoms with Gasteiger partial charge in [0.25, 0.3) is 0 Å². The minimum Gasteiger partial charge on any atom is -0.207 e. The molecule has 102 valence electrons. The summed E-state index contributed by atoms with van der Waals surface area (Å²) in [6.07, 6.45) is 0.0885. The summed E-state index contributed by atoms with van der Waals surface area (Å²) in [7, 11) is -3.80. The number of sulfonamides is 1. The minimum absolute atomic E-state index is 0.00701. The first-order valence-electron chi connectivity index (χ1n) is 5.80. The van der Waals surface area contributed by atoms with Crippen molar-refractivity contribution in [3.8, 4) is 18.2 Å². The minimum atomic E-state index is -3.80. The Kier molecular flexibility index (Phi) is 5.68. The Morgan fingerprint density at radius 3 is 2.15 bits per heavy atom. The van der Waals surface area contributed by atoms with Gasteiger partial charge in [0.05, 0.1) is 28.7 Å². The van der Waals surface area contributed by atoms with Gasteiger partial charge in [0.15, 0.2) is 0 Å². The van der Waals surface area contributed by atoms with E-state index in [4.69, 9.17) is 15.8 Å². The highest BCUT2D eigenvalue weighted by atomic mass is 32.2. The molecular formula is C13H12N4O2S. The van der Waals surface area contributed by atoms with E-state index in [1.807, 2.05) is 18.2 Å². The van der Waals surface area contributed by atoms with E-state index in [1.165, 1.54) is 24.3 Å². The lowest BCUT2D eigenvalue weighted by Gasteiger charge is -2.20. The molecule has 0 amide bonds. The highest BCUT2D eigenvalue weighted by molar-refractivity contribution is 7.89. The van der Waals surface area contributed by atoms with Gasteiger partial charge >= 0.3 is 0 Å². The molecule has 7 heteroatoms. The molecule has 0 aromatic heterocycles. The van der Waals surface area contributed by atoms with Crippen LogP contribution in [0.4, 0.5) is 0 Å². The molecule has 0 aliphatic rings. The summed E-state index contributed by atoms with van der Waals surface area (Å²) >= 11 is 0. The maximum atomic E-state index is 12.4. The molecule has 0 radical (unpaired) electrons. The highest BCUT2D eigenvalue weighted by Crippen LogP contribution is 2.17.